The highest BCUT2D eigenvalue weighted by atomic mass is 16.5. The van der Waals surface area contributed by atoms with Gasteiger partial charge in [-0.05, 0) is 55.7 Å². The van der Waals surface area contributed by atoms with E-state index in [1.54, 1.807) is 0 Å². The van der Waals surface area contributed by atoms with Gasteiger partial charge in [0.05, 0.1) is 17.9 Å². The van der Waals surface area contributed by atoms with Gasteiger partial charge in [-0.3, -0.25) is 0 Å². The van der Waals surface area contributed by atoms with Crippen LogP contribution in [-0.2, 0) is 11.2 Å². The Bertz CT molecular complexity index is 812. The van der Waals surface area contributed by atoms with Gasteiger partial charge in [-0.1, -0.05) is 31.2 Å². The van der Waals surface area contributed by atoms with Gasteiger partial charge in [0.25, 0.3) is 0 Å². The molecule has 0 saturated carbocycles. The summed E-state index contributed by atoms with van der Waals surface area (Å²) in [5.41, 5.74) is 4.50. The number of carbonyl (C=O) groups is 1. The Balaban J connectivity index is 2.22. The number of aryl methyl sites for hydroxylation is 1. The van der Waals surface area contributed by atoms with Crippen molar-refractivity contribution in [1.29, 1.82) is 0 Å². The Morgan fingerprint density at radius 3 is 2.65 bits per heavy atom. The third-order valence-corrected chi connectivity index (χ3v) is 4.58. The SMILES string of the molecule is CCOC(=O)c1c(CC)cc2c(c1C)N(c1ccccc1)C/C=C\CO2. The van der Waals surface area contributed by atoms with E-state index in [2.05, 4.69) is 23.1 Å². The molecule has 4 nitrogen and oxygen atoms in total. The number of fused-ring (bicyclic) bond motifs is 1. The van der Waals surface area contributed by atoms with Crippen LogP contribution in [0.25, 0.3) is 0 Å². The van der Waals surface area contributed by atoms with E-state index < -0.39 is 0 Å². The molecule has 0 spiro atoms. The first-order valence-corrected chi connectivity index (χ1v) is 9.11. The minimum absolute atomic E-state index is 0.268. The smallest absolute Gasteiger partial charge is 0.338 e. The van der Waals surface area contributed by atoms with Crippen molar-refractivity contribution in [2.45, 2.75) is 27.2 Å². The largest absolute Gasteiger partial charge is 0.487 e. The molecule has 0 aliphatic carbocycles. The molecule has 0 aromatic heterocycles. The van der Waals surface area contributed by atoms with E-state index in [0.29, 0.717) is 18.8 Å². The number of carbonyl (C=O) groups excluding carboxylic acids is 1. The molecule has 0 atom stereocenters. The first-order valence-electron chi connectivity index (χ1n) is 9.11. The number of hydrogen-bond donors (Lipinski definition) is 0. The zero-order valence-electron chi connectivity index (χ0n) is 15.6. The Morgan fingerprint density at radius 1 is 1.19 bits per heavy atom. The molecule has 0 amide bonds. The highest BCUT2D eigenvalue weighted by Gasteiger charge is 2.25. The van der Waals surface area contributed by atoms with Crippen LogP contribution in [0, 0.1) is 6.92 Å². The normalized spacial score (nSPS) is 14.7. The summed E-state index contributed by atoms with van der Waals surface area (Å²) in [4.78, 5) is 14.8. The van der Waals surface area contributed by atoms with Crippen LogP contribution in [0.1, 0.15) is 35.3 Å². The minimum Gasteiger partial charge on any atom is -0.487 e. The second-order valence-electron chi connectivity index (χ2n) is 6.19. The zero-order valence-corrected chi connectivity index (χ0v) is 15.6. The third-order valence-electron chi connectivity index (χ3n) is 4.58. The second kappa shape index (κ2) is 8.09. The number of benzene rings is 2. The first kappa shape index (κ1) is 18.1. The van der Waals surface area contributed by atoms with E-state index in [1.807, 2.05) is 51.1 Å². The van der Waals surface area contributed by atoms with Crippen LogP contribution in [0.2, 0.25) is 0 Å². The summed E-state index contributed by atoms with van der Waals surface area (Å²) >= 11 is 0. The summed E-state index contributed by atoms with van der Waals surface area (Å²) in [6, 6.07) is 12.1. The maximum atomic E-state index is 12.6. The molecule has 26 heavy (non-hydrogen) atoms. The van der Waals surface area contributed by atoms with Crippen LogP contribution in [-0.4, -0.2) is 25.7 Å². The van der Waals surface area contributed by atoms with E-state index in [-0.39, 0.29) is 5.97 Å². The highest BCUT2D eigenvalue weighted by Crippen LogP contribution is 2.41. The first-order chi connectivity index (χ1) is 12.7. The Morgan fingerprint density at radius 2 is 1.96 bits per heavy atom. The second-order valence-corrected chi connectivity index (χ2v) is 6.19. The molecule has 0 saturated heterocycles. The quantitative estimate of drug-likeness (QED) is 0.585. The van der Waals surface area contributed by atoms with Crippen LogP contribution in [0.3, 0.4) is 0 Å². The van der Waals surface area contributed by atoms with Crippen molar-refractivity contribution in [1.82, 2.24) is 0 Å². The fourth-order valence-corrected chi connectivity index (χ4v) is 3.37. The molecule has 0 fully saturated rings. The van der Waals surface area contributed by atoms with Crippen LogP contribution in [0.5, 0.6) is 5.75 Å². The van der Waals surface area contributed by atoms with Crippen LogP contribution < -0.4 is 9.64 Å². The van der Waals surface area contributed by atoms with Crippen molar-refractivity contribution in [2.24, 2.45) is 0 Å². The zero-order chi connectivity index (χ0) is 18.5. The number of para-hydroxylation sites is 1. The van der Waals surface area contributed by atoms with Gasteiger partial charge >= 0.3 is 5.97 Å². The Hall–Kier alpha value is -2.75. The monoisotopic (exact) mass is 351 g/mol. The number of hydrogen-bond acceptors (Lipinski definition) is 4. The summed E-state index contributed by atoms with van der Waals surface area (Å²) in [5, 5.41) is 0. The highest BCUT2D eigenvalue weighted by molar-refractivity contribution is 5.96. The van der Waals surface area contributed by atoms with E-state index >= 15 is 0 Å². The molecule has 4 heteroatoms. The Labute approximate surface area is 155 Å². The predicted molar refractivity (Wildman–Crippen MR) is 105 cm³/mol. The maximum absolute atomic E-state index is 12.6. The van der Waals surface area contributed by atoms with E-state index in [1.165, 1.54) is 0 Å². The lowest BCUT2D eigenvalue weighted by molar-refractivity contribution is 0.0524. The number of nitrogens with zero attached hydrogens (tertiary/aromatic N) is 1. The molecule has 3 rings (SSSR count). The lowest BCUT2D eigenvalue weighted by atomic mass is 9.96. The van der Waals surface area contributed by atoms with Gasteiger partial charge in [0, 0.05) is 12.2 Å². The molecular formula is C22H25NO3. The van der Waals surface area contributed by atoms with Gasteiger partial charge in [-0.15, -0.1) is 0 Å². The summed E-state index contributed by atoms with van der Waals surface area (Å²) in [6.07, 6.45) is 4.86. The van der Waals surface area contributed by atoms with Crippen LogP contribution in [0.15, 0.2) is 48.6 Å². The summed E-state index contributed by atoms with van der Waals surface area (Å²) in [6.45, 7) is 7.46. The van der Waals surface area contributed by atoms with Gasteiger partial charge in [0.1, 0.15) is 12.4 Å². The van der Waals surface area contributed by atoms with Gasteiger partial charge in [0.15, 0.2) is 0 Å². The number of rotatable bonds is 4. The van der Waals surface area contributed by atoms with Gasteiger partial charge in [0.2, 0.25) is 0 Å². The molecule has 2 aromatic carbocycles. The maximum Gasteiger partial charge on any atom is 0.338 e. The van der Waals surface area contributed by atoms with E-state index in [0.717, 1.165) is 41.2 Å². The topological polar surface area (TPSA) is 38.8 Å². The molecule has 1 heterocycles. The van der Waals surface area contributed by atoms with E-state index in [9.17, 15) is 4.79 Å². The van der Waals surface area contributed by atoms with Gasteiger partial charge in [-0.2, -0.15) is 0 Å². The fraction of sp³-hybridized carbons (Fsp3) is 0.318. The van der Waals surface area contributed by atoms with Crippen molar-refractivity contribution in [2.75, 3.05) is 24.7 Å². The number of anilines is 2. The fourth-order valence-electron chi connectivity index (χ4n) is 3.37. The summed E-state index contributed by atoms with van der Waals surface area (Å²) < 4.78 is 11.3. The van der Waals surface area contributed by atoms with E-state index in [4.69, 9.17) is 9.47 Å². The number of ether oxygens (including phenoxy) is 2. The molecular weight excluding hydrogens is 326 g/mol. The molecule has 1 aliphatic rings. The minimum atomic E-state index is -0.268. The summed E-state index contributed by atoms with van der Waals surface area (Å²) in [7, 11) is 0. The molecule has 1 aliphatic heterocycles. The molecule has 0 radical (unpaired) electrons. The van der Waals surface area contributed by atoms with Gasteiger partial charge in [-0.25, -0.2) is 4.79 Å². The average Bonchev–Trinajstić information content (AvgIpc) is 2.63. The molecule has 0 bridgehead atoms. The number of esters is 1. The van der Waals surface area contributed by atoms with Crippen LogP contribution >= 0.6 is 0 Å². The predicted octanol–water partition coefficient (Wildman–Crippen LogP) is 4.82. The van der Waals surface area contributed by atoms with Crippen molar-refractivity contribution < 1.29 is 14.3 Å². The Kier molecular flexibility index (Phi) is 5.61. The van der Waals surface area contributed by atoms with Gasteiger partial charge < -0.3 is 14.4 Å². The molecule has 0 unspecified atom stereocenters. The molecule has 0 N–H and O–H groups in total. The molecule has 2 aromatic rings. The lowest BCUT2D eigenvalue weighted by Gasteiger charge is -2.30. The van der Waals surface area contributed by atoms with Crippen molar-refractivity contribution in [3.63, 3.8) is 0 Å². The molecule has 136 valence electrons. The van der Waals surface area contributed by atoms with Crippen molar-refractivity contribution in [3.8, 4) is 5.75 Å². The standard InChI is InChI=1S/C22H25NO3/c1-4-17-15-19-21(16(3)20(17)22(24)25-5-2)23(13-9-10-14-26-19)18-11-7-6-8-12-18/h6-12,15H,4-5,13-14H2,1-3H3/b10-9-. The summed E-state index contributed by atoms with van der Waals surface area (Å²) in [5.74, 6) is 0.538. The average molecular weight is 351 g/mol. The lowest BCUT2D eigenvalue weighted by Crippen LogP contribution is -2.23. The van der Waals surface area contributed by atoms with Crippen LogP contribution in [0.4, 0.5) is 11.4 Å². The third kappa shape index (κ3) is 3.45. The van der Waals surface area contributed by atoms with Crippen molar-refractivity contribution >= 4 is 17.3 Å². The van der Waals surface area contributed by atoms with Crippen molar-refractivity contribution in [3.05, 3.63) is 65.2 Å².